The molecule has 28 heavy (non-hydrogen) atoms. The summed E-state index contributed by atoms with van der Waals surface area (Å²) >= 11 is 1.64. The van der Waals surface area contributed by atoms with Crippen LogP contribution in [0.1, 0.15) is 31.3 Å². The van der Waals surface area contributed by atoms with Crippen molar-refractivity contribution >= 4 is 22.3 Å². The van der Waals surface area contributed by atoms with Crippen molar-refractivity contribution in [1.82, 2.24) is 9.97 Å². The predicted octanol–water partition coefficient (Wildman–Crippen LogP) is 3.37. The van der Waals surface area contributed by atoms with E-state index >= 15 is 0 Å². The molecule has 1 saturated heterocycles. The summed E-state index contributed by atoms with van der Waals surface area (Å²) in [6.07, 6.45) is 0.997. The van der Waals surface area contributed by atoms with E-state index in [2.05, 4.69) is 38.1 Å². The Balaban J connectivity index is 1.75. The Bertz CT molecular complexity index is 797. The highest BCUT2D eigenvalue weighted by Gasteiger charge is 2.18. The van der Waals surface area contributed by atoms with Gasteiger partial charge in [0.25, 0.3) is 0 Å². The number of anilines is 1. The Kier molecular flexibility index (Phi) is 6.93. The standard InChI is InChI=1S/C19H27N5O3S/c1-4-15-5-6-17(28-15)23-20-12-14-11-16(27-13-19(2,3)25)22-18(21-14)24-7-9-26-10-8-24/h5-6,11,25H,4,7-10,12-13H2,1-3H3. The van der Waals surface area contributed by atoms with Gasteiger partial charge in [0.05, 0.1) is 24.5 Å². The van der Waals surface area contributed by atoms with Crippen LogP contribution in [0.4, 0.5) is 10.9 Å². The fourth-order valence-electron chi connectivity index (χ4n) is 2.56. The second-order valence-corrected chi connectivity index (χ2v) is 8.34. The van der Waals surface area contributed by atoms with E-state index in [1.54, 1.807) is 31.3 Å². The van der Waals surface area contributed by atoms with Crippen molar-refractivity contribution in [3.8, 4) is 5.88 Å². The number of rotatable bonds is 8. The smallest absolute Gasteiger partial charge is 0.229 e. The summed E-state index contributed by atoms with van der Waals surface area (Å²) in [5.74, 6) is 1.01. The molecule has 0 unspecified atom stereocenters. The molecule has 8 nitrogen and oxygen atoms in total. The third-order valence-corrected chi connectivity index (χ3v) is 5.12. The van der Waals surface area contributed by atoms with E-state index in [0.717, 1.165) is 30.2 Å². The third kappa shape index (κ3) is 6.22. The summed E-state index contributed by atoms with van der Waals surface area (Å²) in [4.78, 5) is 12.5. The maximum absolute atomic E-state index is 9.93. The number of thiophene rings is 1. The summed E-state index contributed by atoms with van der Waals surface area (Å²) in [6.45, 7) is 8.72. The van der Waals surface area contributed by atoms with Crippen LogP contribution in [0.25, 0.3) is 0 Å². The number of aryl methyl sites for hydroxylation is 1. The molecule has 2 aromatic rings. The van der Waals surface area contributed by atoms with E-state index in [-0.39, 0.29) is 6.61 Å². The molecule has 1 aliphatic rings. The Morgan fingerprint density at radius 1 is 1.29 bits per heavy atom. The quantitative estimate of drug-likeness (QED) is 0.677. The molecule has 0 radical (unpaired) electrons. The van der Waals surface area contributed by atoms with Gasteiger partial charge in [0.1, 0.15) is 18.2 Å². The van der Waals surface area contributed by atoms with E-state index in [9.17, 15) is 5.11 Å². The molecule has 0 atom stereocenters. The first-order valence-electron chi connectivity index (χ1n) is 9.45. The van der Waals surface area contributed by atoms with Gasteiger partial charge in [-0.1, -0.05) is 6.92 Å². The molecule has 0 aromatic carbocycles. The zero-order valence-corrected chi connectivity index (χ0v) is 17.4. The Labute approximate surface area is 169 Å². The van der Waals surface area contributed by atoms with Gasteiger partial charge >= 0.3 is 0 Å². The number of azo groups is 1. The second kappa shape index (κ2) is 9.40. The average molecular weight is 406 g/mol. The van der Waals surface area contributed by atoms with Crippen LogP contribution in [-0.4, -0.2) is 53.6 Å². The lowest BCUT2D eigenvalue weighted by Crippen LogP contribution is -2.37. The molecular formula is C19H27N5O3S. The van der Waals surface area contributed by atoms with Crippen LogP contribution in [0.15, 0.2) is 28.4 Å². The first kappa shape index (κ1) is 20.6. The lowest BCUT2D eigenvalue weighted by molar-refractivity contribution is 0.0267. The molecule has 9 heteroatoms. The Morgan fingerprint density at radius 3 is 2.75 bits per heavy atom. The fourth-order valence-corrected chi connectivity index (χ4v) is 3.34. The molecule has 0 aliphatic carbocycles. The van der Waals surface area contributed by atoms with Gasteiger partial charge < -0.3 is 19.5 Å². The summed E-state index contributed by atoms with van der Waals surface area (Å²) in [6, 6.07) is 5.80. The first-order valence-corrected chi connectivity index (χ1v) is 10.3. The summed E-state index contributed by atoms with van der Waals surface area (Å²) in [5, 5.41) is 19.4. The molecule has 152 valence electrons. The minimum atomic E-state index is -0.944. The van der Waals surface area contributed by atoms with Crippen LogP contribution in [0.3, 0.4) is 0 Å². The third-order valence-electron chi connectivity index (χ3n) is 4.01. The van der Waals surface area contributed by atoms with Gasteiger partial charge in [0.15, 0.2) is 0 Å². The van der Waals surface area contributed by atoms with Gasteiger partial charge in [0.2, 0.25) is 11.8 Å². The molecule has 0 bridgehead atoms. The SMILES string of the molecule is CCc1ccc(N=NCc2cc(OCC(C)(C)O)nc(N3CCOCC3)n2)s1. The fraction of sp³-hybridized carbons (Fsp3) is 0.579. The van der Waals surface area contributed by atoms with E-state index in [1.165, 1.54) is 4.88 Å². The van der Waals surface area contributed by atoms with Crippen molar-refractivity contribution in [3.05, 3.63) is 28.8 Å². The van der Waals surface area contributed by atoms with Gasteiger partial charge in [-0.15, -0.1) is 16.5 Å². The number of morpholine rings is 1. The van der Waals surface area contributed by atoms with E-state index in [0.29, 0.717) is 31.6 Å². The van der Waals surface area contributed by atoms with Crippen molar-refractivity contribution in [3.63, 3.8) is 0 Å². The number of hydrogen-bond acceptors (Lipinski definition) is 9. The van der Waals surface area contributed by atoms with E-state index in [4.69, 9.17) is 9.47 Å². The zero-order valence-electron chi connectivity index (χ0n) is 16.6. The molecular weight excluding hydrogens is 378 g/mol. The molecule has 0 spiro atoms. The van der Waals surface area contributed by atoms with Gasteiger partial charge in [-0.25, -0.2) is 4.98 Å². The number of hydrogen-bond donors (Lipinski definition) is 1. The van der Waals surface area contributed by atoms with Crippen LogP contribution in [-0.2, 0) is 17.7 Å². The monoisotopic (exact) mass is 405 g/mol. The van der Waals surface area contributed by atoms with Crippen LogP contribution in [0, 0.1) is 0 Å². The first-order chi connectivity index (χ1) is 13.4. The molecule has 1 N–H and O–H groups in total. The molecule has 0 saturated carbocycles. The number of aromatic nitrogens is 2. The van der Waals surface area contributed by atoms with Crippen molar-refractivity contribution in [2.24, 2.45) is 10.2 Å². The normalized spacial score (nSPS) is 15.4. The maximum atomic E-state index is 9.93. The highest BCUT2D eigenvalue weighted by molar-refractivity contribution is 7.15. The zero-order chi connectivity index (χ0) is 20.0. The molecule has 3 heterocycles. The lowest BCUT2D eigenvalue weighted by atomic mass is 10.2. The van der Waals surface area contributed by atoms with Crippen LogP contribution < -0.4 is 9.64 Å². The predicted molar refractivity (Wildman–Crippen MR) is 109 cm³/mol. The van der Waals surface area contributed by atoms with Crippen LogP contribution in [0.2, 0.25) is 0 Å². The van der Waals surface area contributed by atoms with Gasteiger partial charge in [-0.2, -0.15) is 10.1 Å². The Hall–Kier alpha value is -2.10. The number of ether oxygens (including phenoxy) is 2. The number of nitrogens with zero attached hydrogens (tertiary/aromatic N) is 5. The highest BCUT2D eigenvalue weighted by Crippen LogP contribution is 2.26. The molecule has 3 rings (SSSR count). The minimum absolute atomic E-state index is 0.141. The van der Waals surface area contributed by atoms with E-state index < -0.39 is 5.60 Å². The molecule has 0 amide bonds. The molecule has 2 aromatic heterocycles. The minimum Gasteiger partial charge on any atom is -0.474 e. The van der Waals surface area contributed by atoms with Crippen molar-refractivity contribution in [2.45, 2.75) is 39.3 Å². The summed E-state index contributed by atoms with van der Waals surface area (Å²) in [7, 11) is 0. The highest BCUT2D eigenvalue weighted by atomic mass is 32.1. The van der Waals surface area contributed by atoms with E-state index in [1.807, 2.05) is 6.07 Å². The van der Waals surface area contributed by atoms with Crippen LogP contribution >= 0.6 is 11.3 Å². The van der Waals surface area contributed by atoms with Gasteiger partial charge in [0, 0.05) is 24.0 Å². The summed E-state index contributed by atoms with van der Waals surface area (Å²) in [5.41, 5.74) is -0.224. The van der Waals surface area contributed by atoms with Crippen molar-refractivity contribution in [2.75, 3.05) is 37.8 Å². The van der Waals surface area contributed by atoms with Crippen molar-refractivity contribution < 1.29 is 14.6 Å². The van der Waals surface area contributed by atoms with Gasteiger partial charge in [-0.3, -0.25) is 0 Å². The summed E-state index contributed by atoms with van der Waals surface area (Å²) < 4.78 is 11.1. The average Bonchev–Trinajstić information content (AvgIpc) is 3.14. The molecule has 1 fully saturated rings. The van der Waals surface area contributed by atoms with Crippen LogP contribution in [0.5, 0.6) is 5.88 Å². The molecule has 1 aliphatic heterocycles. The second-order valence-electron chi connectivity index (χ2n) is 7.19. The number of aliphatic hydroxyl groups is 1. The van der Waals surface area contributed by atoms with Crippen molar-refractivity contribution in [1.29, 1.82) is 0 Å². The topological polar surface area (TPSA) is 92.4 Å². The lowest BCUT2D eigenvalue weighted by Gasteiger charge is -2.27. The maximum Gasteiger partial charge on any atom is 0.229 e. The largest absolute Gasteiger partial charge is 0.474 e. The van der Waals surface area contributed by atoms with Gasteiger partial charge in [-0.05, 0) is 32.4 Å². The Morgan fingerprint density at radius 2 is 2.07 bits per heavy atom.